The highest BCUT2D eigenvalue weighted by Crippen LogP contribution is 2.13. The Morgan fingerprint density at radius 3 is 2.62 bits per heavy atom. The Hall–Kier alpha value is -2.60. The first-order chi connectivity index (χ1) is 11.5. The molecule has 1 heterocycles. The van der Waals surface area contributed by atoms with Crippen LogP contribution in [0.15, 0.2) is 53.5 Å². The SMILES string of the molecule is CC(CCO)N(Cc1ccccc1)C(=O)Nc1cccn(C)c1=O. The van der Waals surface area contributed by atoms with Crippen molar-refractivity contribution in [2.24, 2.45) is 7.05 Å². The van der Waals surface area contributed by atoms with E-state index in [0.717, 1.165) is 5.56 Å². The van der Waals surface area contributed by atoms with E-state index in [9.17, 15) is 14.7 Å². The maximum atomic E-state index is 12.7. The number of hydrogen-bond donors (Lipinski definition) is 2. The summed E-state index contributed by atoms with van der Waals surface area (Å²) in [6, 6.07) is 12.4. The predicted octanol–water partition coefficient (Wildman–Crippen LogP) is 2.19. The number of hydrogen-bond acceptors (Lipinski definition) is 3. The minimum absolute atomic E-state index is 0.00710. The first-order valence-electron chi connectivity index (χ1n) is 7.91. The van der Waals surface area contributed by atoms with Crippen LogP contribution in [0.1, 0.15) is 18.9 Å². The van der Waals surface area contributed by atoms with Crippen molar-refractivity contribution in [1.82, 2.24) is 9.47 Å². The van der Waals surface area contributed by atoms with Crippen molar-refractivity contribution in [1.29, 1.82) is 0 Å². The monoisotopic (exact) mass is 329 g/mol. The molecule has 1 aromatic carbocycles. The van der Waals surface area contributed by atoms with Crippen LogP contribution in [0.4, 0.5) is 10.5 Å². The third-order valence-electron chi connectivity index (χ3n) is 3.90. The van der Waals surface area contributed by atoms with E-state index in [0.29, 0.717) is 13.0 Å². The number of aryl methyl sites for hydroxylation is 1. The standard InChI is InChI=1S/C18H23N3O3/c1-14(10-12-22)21(13-15-7-4-3-5-8-15)18(24)19-16-9-6-11-20(2)17(16)23/h3-9,11,14,22H,10,12-13H2,1-2H3,(H,19,24). The zero-order valence-electron chi connectivity index (χ0n) is 14.0. The summed E-state index contributed by atoms with van der Waals surface area (Å²) >= 11 is 0. The topological polar surface area (TPSA) is 74.6 Å². The molecule has 0 radical (unpaired) electrons. The first-order valence-corrected chi connectivity index (χ1v) is 7.91. The van der Waals surface area contributed by atoms with E-state index in [1.54, 1.807) is 30.3 Å². The molecule has 6 nitrogen and oxygen atoms in total. The molecule has 128 valence electrons. The van der Waals surface area contributed by atoms with E-state index in [1.165, 1.54) is 4.57 Å². The van der Waals surface area contributed by atoms with Crippen LogP contribution < -0.4 is 10.9 Å². The van der Waals surface area contributed by atoms with Gasteiger partial charge < -0.3 is 19.9 Å². The summed E-state index contributed by atoms with van der Waals surface area (Å²) < 4.78 is 1.41. The largest absolute Gasteiger partial charge is 0.396 e. The van der Waals surface area contributed by atoms with Gasteiger partial charge in [0.1, 0.15) is 5.69 Å². The van der Waals surface area contributed by atoms with E-state index in [-0.39, 0.29) is 29.9 Å². The number of aliphatic hydroxyl groups is 1. The fourth-order valence-corrected chi connectivity index (χ4v) is 2.43. The van der Waals surface area contributed by atoms with Crippen LogP contribution >= 0.6 is 0 Å². The molecule has 2 aromatic rings. The molecular formula is C18H23N3O3. The second-order valence-electron chi connectivity index (χ2n) is 5.74. The molecule has 0 aliphatic carbocycles. The quantitative estimate of drug-likeness (QED) is 0.853. The molecule has 1 aromatic heterocycles. The number of nitrogens with one attached hydrogen (secondary N) is 1. The van der Waals surface area contributed by atoms with Crippen LogP contribution in [0.5, 0.6) is 0 Å². The molecule has 0 aliphatic rings. The van der Waals surface area contributed by atoms with Gasteiger partial charge in [0.25, 0.3) is 5.56 Å². The average molecular weight is 329 g/mol. The summed E-state index contributed by atoms with van der Waals surface area (Å²) in [5, 5.41) is 11.9. The fraction of sp³-hybridized carbons (Fsp3) is 0.333. The maximum absolute atomic E-state index is 12.7. The van der Waals surface area contributed by atoms with Crippen molar-refractivity contribution >= 4 is 11.7 Å². The molecule has 0 spiro atoms. The molecule has 0 saturated carbocycles. The third kappa shape index (κ3) is 4.45. The lowest BCUT2D eigenvalue weighted by Crippen LogP contribution is -2.42. The summed E-state index contributed by atoms with van der Waals surface area (Å²) in [5.74, 6) is 0. The lowest BCUT2D eigenvalue weighted by molar-refractivity contribution is 0.169. The molecule has 0 fully saturated rings. The lowest BCUT2D eigenvalue weighted by atomic mass is 10.1. The van der Waals surface area contributed by atoms with Crippen LogP contribution in [0, 0.1) is 0 Å². The lowest BCUT2D eigenvalue weighted by Gasteiger charge is -2.29. The van der Waals surface area contributed by atoms with Gasteiger partial charge >= 0.3 is 6.03 Å². The number of carbonyl (C=O) groups is 1. The summed E-state index contributed by atoms with van der Waals surface area (Å²) in [6.45, 7) is 2.27. The number of amides is 2. The number of nitrogens with zero attached hydrogens (tertiary/aromatic N) is 2. The average Bonchev–Trinajstić information content (AvgIpc) is 2.58. The Balaban J connectivity index is 2.20. The number of urea groups is 1. The maximum Gasteiger partial charge on any atom is 0.322 e. The Labute approximate surface area is 141 Å². The van der Waals surface area contributed by atoms with Crippen LogP contribution in [0.3, 0.4) is 0 Å². The van der Waals surface area contributed by atoms with E-state index < -0.39 is 0 Å². The minimum Gasteiger partial charge on any atom is -0.396 e. The Morgan fingerprint density at radius 2 is 1.96 bits per heavy atom. The molecule has 2 rings (SSSR count). The summed E-state index contributed by atoms with van der Waals surface area (Å²) in [6.07, 6.45) is 2.10. The molecule has 0 saturated heterocycles. The third-order valence-corrected chi connectivity index (χ3v) is 3.90. The Bertz CT molecular complexity index is 728. The van der Waals surface area contributed by atoms with Crippen LogP contribution in [0.2, 0.25) is 0 Å². The van der Waals surface area contributed by atoms with Crippen molar-refractivity contribution in [2.45, 2.75) is 25.9 Å². The highest BCUT2D eigenvalue weighted by molar-refractivity contribution is 5.89. The zero-order valence-corrected chi connectivity index (χ0v) is 14.0. The predicted molar refractivity (Wildman–Crippen MR) is 93.9 cm³/mol. The van der Waals surface area contributed by atoms with Gasteiger partial charge in [-0.1, -0.05) is 30.3 Å². The van der Waals surface area contributed by atoms with Gasteiger partial charge in [0, 0.05) is 32.4 Å². The van der Waals surface area contributed by atoms with Gasteiger partial charge in [0.15, 0.2) is 0 Å². The molecule has 2 N–H and O–H groups in total. The number of pyridine rings is 1. The van der Waals surface area contributed by atoms with Crippen molar-refractivity contribution in [2.75, 3.05) is 11.9 Å². The number of aromatic nitrogens is 1. The van der Waals surface area contributed by atoms with Gasteiger partial charge in [-0.2, -0.15) is 0 Å². The van der Waals surface area contributed by atoms with Gasteiger partial charge in [0.2, 0.25) is 0 Å². The van der Waals surface area contributed by atoms with E-state index in [1.807, 2.05) is 37.3 Å². The molecule has 1 unspecified atom stereocenters. The van der Waals surface area contributed by atoms with Gasteiger partial charge in [-0.05, 0) is 31.0 Å². The van der Waals surface area contributed by atoms with Crippen molar-refractivity contribution in [3.8, 4) is 0 Å². The second-order valence-corrected chi connectivity index (χ2v) is 5.74. The number of anilines is 1. The number of carbonyl (C=O) groups excluding carboxylic acids is 1. The molecule has 24 heavy (non-hydrogen) atoms. The number of rotatable bonds is 6. The van der Waals surface area contributed by atoms with Gasteiger partial charge in [0.05, 0.1) is 0 Å². The molecule has 0 aliphatic heterocycles. The summed E-state index contributed by atoms with van der Waals surface area (Å²) in [4.78, 5) is 26.4. The fourth-order valence-electron chi connectivity index (χ4n) is 2.43. The molecule has 2 amide bonds. The second kappa shape index (κ2) is 8.31. The Morgan fingerprint density at radius 1 is 1.25 bits per heavy atom. The Kier molecular flexibility index (Phi) is 6.14. The van der Waals surface area contributed by atoms with Crippen molar-refractivity contribution < 1.29 is 9.90 Å². The van der Waals surface area contributed by atoms with Gasteiger partial charge in [-0.3, -0.25) is 4.79 Å². The van der Waals surface area contributed by atoms with Gasteiger partial charge in [-0.15, -0.1) is 0 Å². The summed E-state index contributed by atoms with van der Waals surface area (Å²) in [7, 11) is 1.63. The van der Waals surface area contributed by atoms with E-state index in [4.69, 9.17) is 0 Å². The first kappa shape index (κ1) is 17.7. The van der Waals surface area contributed by atoms with Crippen molar-refractivity contribution in [3.63, 3.8) is 0 Å². The molecule has 1 atom stereocenters. The van der Waals surface area contributed by atoms with Crippen LogP contribution in [-0.4, -0.2) is 33.3 Å². The highest BCUT2D eigenvalue weighted by Gasteiger charge is 2.21. The molecule has 0 bridgehead atoms. The van der Waals surface area contributed by atoms with Crippen LogP contribution in [-0.2, 0) is 13.6 Å². The normalized spacial score (nSPS) is 11.8. The van der Waals surface area contributed by atoms with Crippen LogP contribution in [0.25, 0.3) is 0 Å². The van der Waals surface area contributed by atoms with Gasteiger partial charge in [-0.25, -0.2) is 4.79 Å². The number of aliphatic hydroxyl groups excluding tert-OH is 1. The highest BCUT2D eigenvalue weighted by atomic mass is 16.3. The number of benzene rings is 1. The molecular weight excluding hydrogens is 306 g/mol. The van der Waals surface area contributed by atoms with E-state index >= 15 is 0 Å². The smallest absolute Gasteiger partial charge is 0.322 e. The molecule has 6 heteroatoms. The minimum atomic E-state index is -0.358. The van der Waals surface area contributed by atoms with Crippen molar-refractivity contribution in [3.05, 3.63) is 64.6 Å². The van der Waals surface area contributed by atoms with E-state index in [2.05, 4.69) is 5.32 Å². The summed E-state index contributed by atoms with van der Waals surface area (Å²) in [5.41, 5.74) is 0.956. The zero-order chi connectivity index (χ0) is 17.5.